The number of rotatable bonds is 2. The van der Waals surface area contributed by atoms with E-state index in [0.717, 1.165) is 15.6 Å². The van der Waals surface area contributed by atoms with Gasteiger partial charge in [-0.3, -0.25) is 4.79 Å². The zero-order chi connectivity index (χ0) is 14.0. The fraction of sp³-hybridized carbons (Fsp3) is 0.133. The number of benzene rings is 2. The average Bonchev–Trinajstić information content (AvgIpc) is 2.34. The van der Waals surface area contributed by atoms with Crippen LogP contribution in [0.15, 0.2) is 40.9 Å². The third-order valence-electron chi connectivity index (χ3n) is 2.82. The summed E-state index contributed by atoms with van der Waals surface area (Å²) < 4.78 is 0.783. The van der Waals surface area contributed by atoms with Crippen molar-refractivity contribution in [3.63, 3.8) is 0 Å². The van der Waals surface area contributed by atoms with E-state index >= 15 is 0 Å². The normalized spacial score (nSPS) is 10.3. The molecule has 0 heterocycles. The van der Waals surface area contributed by atoms with E-state index < -0.39 is 0 Å². The van der Waals surface area contributed by atoms with Gasteiger partial charge in [-0.15, -0.1) is 0 Å². The third kappa shape index (κ3) is 3.15. The lowest BCUT2D eigenvalue weighted by Crippen LogP contribution is -2.13. The van der Waals surface area contributed by atoms with Crippen molar-refractivity contribution in [1.82, 2.24) is 0 Å². The number of anilines is 2. The number of carbonyl (C=O) groups excluding carboxylic acids is 1. The first kappa shape index (κ1) is 13.6. The Labute approximate surface area is 121 Å². The monoisotopic (exact) mass is 318 g/mol. The van der Waals surface area contributed by atoms with Gasteiger partial charge in [0.25, 0.3) is 5.91 Å². The van der Waals surface area contributed by atoms with Crippen molar-refractivity contribution < 1.29 is 4.79 Å². The summed E-state index contributed by atoms with van der Waals surface area (Å²) in [5.74, 6) is -0.170. The van der Waals surface area contributed by atoms with Crippen molar-refractivity contribution in [3.8, 4) is 0 Å². The first-order valence-corrected chi connectivity index (χ1v) is 6.70. The van der Waals surface area contributed by atoms with Gasteiger partial charge in [-0.1, -0.05) is 17.7 Å². The van der Waals surface area contributed by atoms with E-state index in [2.05, 4.69) is 21.2 Å². The van der Waals surface area contributed by atoms with Crippen LogP contribution < -0.4 is 11.1 Å². The molecule has 19 heavy (non-hydrogen) atoms. The van der Waals surface area contributed by atoms with E-state index in [4.69, 9.17) is 5.73 Å². The van der Waals surface area contributed by atoms with E-state index in [1.165, 1.54) is 0 Å². The second-order valence-electron chi connectivity index (χ2n) is 4.53. The Morgan fingerprint density at radius 2 is 1.74 bits per heavy atom. The lowest BCUT2D eigenvalue weighted by atomic mass is 10.1. The van der Waals surface area contributed by atoms with Gasteiger partial charge in [-0.25, -0.2) is 0 Å². The van der Waals surface area contributed by atoms with Crippen LogP contribution in [-0.2, 0) is 0 Å². The van der Waals surface area contributed by atoms with Gasteiger partial charge >= 0.3 is 0 Å². The van der Waals surface area contributed by atoms with Crippen molar-refractivity contribution in [1.29, 1.82) is 0 Å². The Balaban J connectivity index is 2.26. The molecule has 2 rings (SSSR count). The second-order valence-corrected chi connectivity index (χ2v) is 5.39. The van der Waals surface area contributed by atoms with Crippen LogP contribution in [0, 0.1) is 13.8 Å². The quantitative estimate of drug-likeness (QED) is 0.825. The molecule has 0 aliphatic carbocycles. The molecule has 0 bridgehead atoms. The topological polar surface area (TPSA) is 55.1 Å². The van der Waals surface area contributed by atoms with Crippen LogP contribution >= 0.6 is 15.9 Å². The molecule has 0 unspecified atom stereocenters. The number of nitrogens with two attached hydrogens (primary N) is 1. The molecule has 3 N–H and O–H groups in total. The number of carbonyl (C=O) groups is 1. The molecule has 0 saturated carbocycles. The molecule has 0 fully saturated rings. The van der Waals surface area contributed by atoms with Crippen LogP contribution in [0.4, 0.5) is 11.4 Å². The van der Waals surface area contributed by atoms with Crippen LogP contribution in [-0.4, -0.2) is 5.91 Å². The number of hydrogen-bond donors (Lipinski definition) is 2. The largest absolute Gasteiger partial charge is 0.397 e. The number of nitrogens with one attached hydrogen (secondary N) is 1. The van der Waals surface area contributed by atoms with Gasteiger partial charge in [-0.05, 0) is 59.6 Å². The summed E-state index contributed by atoms with van der Waals surface area (Å²) in [6, 6.07) is 11.1. The van der Waals surface area contributed by atoms with Crippen molar-refractivity contribution in [2.45, 2.75) is 13.8 Å². The minimum absolute atomic E-state index is 0.170. The maximum atomic E-state index is 12.1. The molecule has 1 amide bonds. The summed E-state index contributed by atoms with van der Waals surface area (Å²) in [7, 11) is 0. The summed E-state index contributed by atoms with van der Waals surface area (Å²) in [5.41, 5.74) is 9.85. The van der Waals surface area contributed by atoms with Gasteiger partial charge in [0.1, 0.15) is 0 Å². The van der Waals surface area contributed by atoms with Crippen LogP contribution in [0.3, 0.4) is 0 Å². The molecule has 0 atom stereocenters. The highest BCUT2D eigenvalue weighted by atomic mass is 79.9. The van der Waals surface area contributed by atoms with Crippen LogP contribution in [0.5, 0.6) is 0 Å². The lowest BCUT2D eigenvalue weighted by molar-refractivity contribution is 0.102. The lowest BCUT2D eigenvalue weighted by Gasteiger charge is -2.11. The van der Waals surface area contributed by atoms with Gasteiger partial charge in [0, 0.05) is 10.0 Å². The third-order valence-corrected chi connectivity index (χ3v) is 3.44. The van der Waals surface area contributed by atoms with E-state index in [0.29, 0.717) is 16.9 Å². The van der Waals surface area contributed by atoms with Gasteiger partial charge in [0.2, 0.25) is 0 Å². The molecule has 0 saturated heterocycles. The van der Waals surface area contributed by atoms with Crippen LogP contribution in [0.2, 0.25) is 0 Å². The average molecular weight is 319 g/mol. The molecular weight excluding hydrogens is 304 g/mol. The first-order chi connectivity index (χ1) is 8.97. The van der Waals surface area contributed by atoms with Crippen molar-refractivity contribution in [2.24, 2.45) is 0 Å². The smallest absolute Gasteiger partial charge is 0.255 e. The minimum Gasteiger partial charge on any atom is -0.397 e. The zero-order valence-electron chi connectivity index (χ0n) is 10.8. The highest BCUT2D eigenvalue weighted by Crippen LogP contribution is 2.30. The molecule has 0 aromatic heterocycles. The van der Waals surface area contributed by atoms with E-state index in [-0.39, 0.29) is 5.91 Å². The summed E-state index contributed by atoms with van der Waals surface area (Å²) >= 11 is 3.42. The SMILES string of the molecule is Cc1ccc(C(=O)Nc2c(N)cc(C)cc2Br)cc1. The van der Waals surface area contributed by atoms with E-state index in [1.807, 2.05) is 38.1 Å². The predicted octanol–water partition coefficient (Wildman–Crippen LogP) is 3.90. The molecule has 2 aromatic carbocycles. The maximum Gasteiger partial charge on any atom is 0.255 e. The minimum atomic E-state index is -0.170. The summed E-state index contributed by atoms with van der Waals surface area (Å²) in [6.45, 7) is 3.93. The summed E-state index contributed by atoms with van der Waals surface area (Å²) in [4.78, 5) is 12.1. The van der Waals surface area contributed by atoms with Gasteiger partial charge in [0.05, 0.1) is 11.4 Å². The highest BCUT2D eigenvalue weighted by molar-refractivity contribution is 9.10. The highest BCUT2D eigenvalue weighted by Gasteiger charge is 2.11. The summed E-state index contributed by atoms with van der Waals surface area (Å²) in [6.07, 6.45) is 0. The van der Waals surface area contributed by atoms with Gasteiger partial charge < -0.3 is 11.1 Å². The fourth-order valence-electron chi connectivity index (χ4n) is 1.79. The zero-order valence-corrected chi connectivity index (χ0v) is 12.4. The Kier molecular flexibility index (Phi) is 3.90. The second kappa shape index (κ2) is 5.45. The Bertz CT molecular complexity index is 598. The molecule has 0 radical (unpaired) electrons. The summed E-state index contributed by atoms with van der Waals surface area (Å²) in [5, 5.41) is 2.83. The van der Waals surface area contributed by atoms with Crippen LogP contribution in [0.25, 0.3) is 0 Å². The van der Waals surface area contributed by atoms with Crippen LogP contribution in [0.1, 0.15) is 21.5 Å². The fourth-order valence-corrected chi connectivity index (χ4v) is 2.48. The molecular formula is C15H15BrN2O. The number of halogens is 1. The van der Waals surface area contributed by atoms with E-state index in [1.54, 1.807) is 12.1 Å². The Morgan fingerprint density at radius 3 is 2.32 bits per heavy atom. The van der Waals surface area contributed by atoms with Gasteiger partial charge in [-0.2, -0.15) is 0 Å². The molecule has 98 valence electrons. The number of nitrogen functional groups attached to an aromatic ring is 1. The molecule has 4 heteroatoms. The number of hydrogen-bond acceptors (Lipinski definition) is 2. The molecule has 0 aliphatic rings. The Hall–Kier alpha value is -1.81. The van der Waals surface area contributed by atoms with Crippen molar-refractivity contribution in [3.05, 3.63) is 57.6 Å². The molecule has 3 nitrogen and oxygen atoms in total. The van der Waals surface area contributed by atoms with E-state index in [9.17, 15) is 4.79 Å². The molecule has 0 spiro atoms. The Morgan fingerprint density at radius 1 is 1.11 bits per heavy atom. The number of amides is 1. The standard InChI is InChI=1S/C15H15BrN2O/c1-9-3-5-11(6-4-9)15(19)18-14-12(16)7-10(2)8-13(14)17/h3-8H,17H2,1-2H3,(H,18,19). The van der Waals surface area contributed by atoms with Crippen molar-refractivity contribution in [2.75, 3.05) is 11.1 Å². The molecule has 2 aromatic rings. The molecule has 0 aliphatic heterocycles. The van der Waals surface area contributed by atoms with Crippen molar-refractivity contribution >= 4 is 33.2 Å². The maximum absolute atomic E-state index is 12.1. The van der Waals surface area contributed by atoms with Gasteiger partial charge in [0.15, 0.2) is 0 Å². The predicted molar refractivity (Wildman–Crippen MR) is 82.4 cm³/mol. The first-order valence-electron chi connectivity index (χ1n) is 5.91. The number of aryl methyl sites for hydroxylation is 2.